The van der Waals surface area contributed by atoms with Crippen LogP contribution in [0.2, 0.25) is 0 Å². The third kappa shape index (κ3) is 4.00. The van der Waals surface area contributed by atoms with E-state index >= 15 is 0 Å². The van der Waals surface area contributed by atoms with Crippen molar-refractivity contribution >= 4 is 19.9 Å². The Morgan fingerprint density at radius 3 is 2.38 bits per heavy atom. The van der Waals surface area contributed by atoms with Gasteiger partial charge >= 0.3 is 0 Å². The van der Waals surface area contributed by atoms with Crippen LogP contribution in [0.25, 0.3) is 0 Å². The molecule has 1 saturated heterocycles. The molecule has 96 valence electrons. The summed E-state index contributed by atoms with van der Waals surface area (Å²) in [6.45, 7) is 1.47. The monoisotopic (exact) mass is 270 g/mol. The van der Waals surface area contributed by atoms with Crippen LogP contribution in [-0.2, 0) is 19.9 Å². The van der Waals surface area contributed by atoms with Gasteiger partial charge < -0.3 is 5.32 Å². The summed E-state index contributed by atoms with van der Waals surface area (Å²) in [5.74, 6) is 0. The molecule has 6 nitrogen and oxygen atoms in total. The van der Waals surface area contributed by atoms with Crippen LogP contribution in [0.1, 0.15) is 12.8 Å². The SMILES string of the molecule is CN(C1CCCNC1)S(=O)(=O)CS(C)(=O)=O. The summed E-state index contributed by atoms with van der Waals surface area (Å²) in [5.41, 5.74) is 0. The number of sulfone groups is 1. The first-order valence-electron chi connectivity index (χ1n) is 5.06. The van der Waals surface area contributed by atoms with Crippen molar-refractivity contribution in [1.82, 2.24) is 9.62 Å². The molecule has 0 aromatic heterocycles. The van der Waals surface area contributed by atoms with Crippen molar-refractivity contribution < 1.29 is 16.8 Å². The summed E-state index contributed by atoms with van der Waals surface area (Å²) in [7, 11) is -5.79. The number of sulfonamides is 1. The first kappa shape index (κ1) is 13.9. The Labute approximate surface area is 97.0 Å². The van der Waals surface area contributed by atoms with E-state index in [-0.39, 0.29) is 6.04 Å². The maximum atomic E-state index is 11.8. The third-order valence-electron chi connectivity index (χ3n) is 2.59. The second-order valence-corrected chi connectivity index (χ2v) is 8.71. The van der Waals surface area contributed by atoms with Crippen LogP contribution in [0.15, 0.2) is 0 Å². The molecule has 0 aromatic rings. The molecule has 1 unspecified atom stereocenters. The van der Waals surface area contributed by atoms with Crippen molar-refractivity contribution in [3.05, 3.63) is 0 Å². The number of nitrogens with zero attached hydrogens (tertiary/aromatic N) is 1. The average Bonchev–Trinajstić information content (AvgIpc) is 2.14. The van der Waals surface area contributed by atoms with Crippen molar-refractivity contribution in [3.8, 4) is 0 Å². The molecule has 0 aromatic carbocycles. The van der Waals surface area contributed by atoms with Gasteiger partial charge in [0.1, 0.15) is 0 Å². The maximum Gasteiger partial charge on any atom is 0.228 e. The molecule has 0 aliphatic carbocycles. The lowest BCUT2D eigenvalue weighted by Gasteiger charge is -2.30. The van der Waals surface area contributed by atoms with E-state index in [0.717, 1.165) is 25.6 Å². The Morgan fingerprint density at radius 1 is 1.31 bits per heavy atom. The molecule has 1 aliphatic heterocycles. The Hall–Kier alpha value is -0.180. The van der Waals surface area contributed by atoms with Crippen molar-refractivity contribution in [3.63, 3.8) is 0 Å². The van der Waals surface area contributed by atoms with Gasteiger partial charge in [0.2, 0.25) is 10.0 Å². The van der Waals surface area contributed by atoms with Gasteiger partial charge in [-0.3, -0.25) is 0 Å². The lowest BCUT2D eigenvalue weighted by Crippen LogP contribution is -2.47. The molecule has 0 radical (unpaired) electrons. The second-order valence-electron chi connectivity index (χ2n) is 4.17. The largest absolute Gasteiger partial charge is 0.315 e. The van der Waals surface area contributed by atoms with Gasteiger partial charge in [0.05, 0.1) is 0 Å². The molecule has 1 fully saturated rings. The molecule has 16 heavy (non-hydrogen) atoms. The topological polar surface area (TPSA) is 83.6 Å². The summed E-state index contributed by atoms with van der Waals surface area (Å²) in [6, 6.07) is -0.138. The van der Waals surface area contributed by atoms with E-state index in [2.05, 4.69) is 5.32 Å². The minimum absolute atomic E-state index is 0.138. The average molecular weight is 270 g/mol. The summed E-state index contributed by atoms with van der Waals surface area (Å²) in [4.78, 5) is 0. The summed E-state index contributed by atoms with van der Waals surface area (Å²) in [5, 5.41) is 2.28. The van der Waals surface area contributed by atoms with Crippen LogP contribution < -0.4 is 5.32 Å². The van der Waals surface area contributed by atoms with Crippen molar-refractivity contribution in [2.45, 2.75) is 18.9 Å². The zero-order valence-electron chi connectivity index (χ0n) is 9.51. The van der Waals surface area contributed by atoms with Gasteiger partial charge in [0.15, 0.2) is 14.9 Å². The van der Waals surface area contributed by atoms with E-state index in [0.29, 0.717) is 6.54 Å². The molecular formula is C8H18N2O4S2. The molecule has 1 aliphatic rings. The molecule has 0 saturated carbocycles. The zero-order chi connectivity index (χ0) is 12.4. The third-order valence-corrected chi connectivity index (χ3v) is 6.67. The lowest BCUT2D eigenvalue weighted by molar-refractivity contribution is 0.301. The normalized spacial score (nSPS) is 23.6. The summed E-state index contributed by atoms with van der Waals surface area (Å²) >= 11 is 0. The first-order valence-corrected chi connectivity index (χ1v) is 8.73. The Morgan fingerprint density at radius 2 is 1.94 bits per heavy atom. The Balaban J connectivity index is 2.75. The smallest absolute Gasteiger partial charge is 0.228 e. The Kier molecular flexibility index (Phi) is 4.33. The van der Waals surface area contributed by atoms with Gasteiger partial charge in [0, 0.05) is 25.9 Å². The molecule has 1 atom stereocenters. The molecule has 0 bridgehead atoms. The first-order chi connectivity index (χ1) is 7.22. The van der Waals surface area contributed by atoms with Crippen molar-refractivity contribution in [2.75, 3.05) is 31.5 Å². The molecular weight excluding hydrogens is 252 g/mol. The standard InChI is InChI=1S/C8H18N2O4S2/c1-10(8-4-3-5-9-6-8)16(13,14)7-15(2,11)12/h8-9H,3-7H2,1-2H3. The number of likely N-dealkylation sites (N-methyl/N-ethyl adjacent to an activating group) is 1. The predicted molar refractivity (Wildman–Crippen MR) is 62.3 cm³/mol. The second kappa shape index (κ2) is 4.99. The minimum Gasteiger partial charge on any atom is -0.315 e. The molecule has 1 heterocycles. The molecule has 1 rings (SSSR count). The highest BCUT2D eigenvalue weighted by Crippen LogP contribution is 2.13. The van der Waals surface area contributed by atoms with Crippen molar-refractivity contribution in [1.29, 1.82) is 0 Å². The number of hydrogen-bond donors (Lipinski definition) is 1. The van der Waals surface area contributed by atoms with Gasteiger partial charge in [-0.1, -0.05) is 0 Å². The van der Waals surface area contributed by atoms with Crippen molar-refractivity contribution in [2.24, 2.45) is 0 Å². The van der Waals surface area contributed by atoms with Crippen LogP contribution in [0.3, 0.4) is 0 Å². The molecule has 1 N–H and O–H groups in total. The summed E-state index contributed by atoms with van der Waals surface area (Å²) < 4.78 is 46.7. The van der Waals surface area contributed by atoms with Gasteiger partial charge in [-0.25, -0.2) is 16.8 Å². The fraction of sp³-hybridized carbons (Fsp3) is 1.00. The van der Waals surface area contributed by atoms with E-state index in [9.17, 15) is 16.8 Å². The van der Waals surface area contributed by atoms with Crippen LogP contribution in [0, 0.1) is 0 Å². The highest BCUT2D eigenvalue weighted by Gasteiger charge is 2.30. The zero-order valence-corrected chi connectivity index (χ0v) is 11.1. The fourth-order valence-electron chi connectivity index (χ4n) is 1.72. The lowest BCUT2D eigenvalue weighted by atomic mass is 10.1. The highest BCUT2D eigenvalue weighted by atomic mass is 32.3. The van der Waals surface area contributed by atoms with E-state index in [1.165, 1.54) is 11.4 Å². The fourth-order valence-corrected chi connectivity index (χ4v) is 5.19. The highest BCUT2D eigenvalue weighted by molar-refractivity contribution is 8.06. The molecule has 8 heteroatoms. The molecule has 0 amide bonds. The van der Waals surface area contributed by atoms with Gasteiger partial charge in [-0.05, 0) is 19.4 Å². The van der Waals surface area contributed by atoms with E-state index < -0.39 is 24.9 Å². The number of nitrogens with one attached hydrogen (secondary N) is 1. The van der Waals surface area contributed by atoms with Crippen LogP contribution >= 0.6 is 0 Å². The van der Waals surface area contributed by atoms with Gasteiger partial charge in [-0.15, -0.1) is 0 Å². The molecule has 0 spiro atoms. The number of hydrogen-bond acceptors (Lipinski definition) is 5. The summed E-state index contributed by atoms with van der Waals surface area (Å²) in [6.07, 6.45) is 2.60. The van der Waals surface area contributed by atoms with E-state index in [1.807, 2.05) is 0 Å². The Bertz CT molecular complexity index is 423. The predicted octanol–water partition coefficient (Wildman–Crippen LogP) is -0.998. The van der Waals surface area contributed by atoms with Gasteiger partial charge in [-0.2, -0.15) is 4.31 Å². The number of piperidine rings is 1. The van der Waals surface area contributed by atoms with E-state index in [4.69, 9.17) is 0 Å². The van der Waals surface area contributed by atoms with Crippen LogP contribution in [-0.4, -0.2) is 58.7 Å². The minimum atomic E-state index is -3.71. The number of rotatable bonds is 4. The maximum absolute atomic E-state index is 11.8. The van der Waals surface area contributed by atoms with Crippen LogP contribution in [0.5, 0.6) is 0 Å². The quantitative estimate of drug-likeness (QED) is 0.708. The van der Waals surface area contributed by atoms with E-state index in [1.54, 1.807) is 0 Å². The van der Waals surface area contributed by atoms with Gasteiger partial charge in [0.25, 0.3) is 0 Å². The van der Waals surface area contributed by atoms with Crippen LogP contribution in [0.4, 0.5) is 0 Å².